The monoisotopic (exact) mass is 302 g/mol. The fourth-order valence-electron chi connectivity index (χ4n) is 2.32. The van der Waals surface area contributed by atoms with Crippen LogP contribution in [0.2, 0.25) is 0 Å². The highest BCUT2D eigenvalue weighted by Crippen LogP contribution is 2.41. The number of carbonyl (C=O) groups excluding carboxylic acids is 1. The van der Waals surface area contributed by atoms with E-state index in [0.29, 0.717) is 28.4 Å². The molecule has 2 aromatic rings. The van der Waals surface area contributed by atoms with Gasteiger partial charge in [-0.05, 0) is 18.2 Å². The second-order valence-electron chi connectivity index (χ2n) is 4.42. The Balaban J connectivity index is 2.78. The number of ether oxygens (including phenoxy) is 4. The van der Waals surface area contributed by atoms with Gasteiger partial charge < -0.3 is 18.9 Å². The molecule has 0 aromatic heterocycles. The van der Waals surface area contributed by atoms with E-state index in [9.17, 15) is 4.79 Å². The first-order chi connectivity index (χ1) is 10.7. The van der Waals surface area contributed by atoms with Gasteiger partial charge in [0.15, 0.2) is 11.5 Å². The molecule has 0 amide bonds. The standard InChI is InChI=1S/C17H18O5/c1-19-13-8-6-5-7-11(13)12-9-10-14(20-2)16(21-3)15(12)17(18)22-4/h5-10H,1-4H3. The van der Waals surface area contributed by atoms with Gasteiger partial charge in [0, 0.05) is 11.1 Å². The van der Waals surface area contributed by atoms with Gasteiger partial charge in [0.2, 0.25) is 0 Å². The van der Waals surface area contributed by atoms with E-state index in [1.54, 1.807) is 19.2 Å². The minimum Gasteiger partial charge on any atom is -0.496 e. The van der Waals surface area contributed by atoms with Crippen molar-refractivity contribution >= 4 is 5.97 Å². The lowest BCUT2D eigenvalue weighted by atomic mass is 9.97. The lowest BCUT2D eigenvalue weighted by molar-refractivity contribution is 0.0597. The van der Waals surface area contributed by atoms with Gasteiger partial charge in [0.05, 0.1) is 28.4 Å². The van der Waals surface area contributed by atoms with E-state index in [4.69, 9.17) is 18.9 Å². The number of para-hydroxylation sites is 1. The smallest absolute Gasteiger partial charge is 0.342 e. The molecule has 0 unspecified atom stereocenters. The Bertz CT molecular complexity index is 679. The number of benzene rings is 2. The van der Waals surface area contributed by atoms with Crippen LogP contribution < -0.4 is 14.2 Å². The summed E-state index contributed by atoms with van der Waals surface area (Å²) in [5.41, 5.74) is 1.72. The summed E-state index contributed by atoms with van der Waals surface area (Å²) >= 11 is 0. The lowest BCUT2D eigenvalue weighted by Crippen LogP contribution is -2.08. The number of hydrogen-bond acceptors (Lipinski definition) is 5. The third-order valence-corrected chi connectivity index (χ3v) is 3.33. The molecular weight excluding hydrogens is 284 g/mol. The highest BCUT2D eigenvalue weighted by atomic mass is 16.5. The van der Waals surface area contributed by atoms with E-state index >= 15 is 0 Å². The predicted octanol–water partition coefficient (Wildman–Crippen LogP) is 3.17. The first-order valence-electron chi connectivity index (χ1n) is 6.64. The average Bonchev–Trinajstić information content (AvgIpc) is 2.59. The summed E-state index contributed by atoms with van der Waals surface area (Å²) in [7, 11) is 5.91. The third-order valence-electron chi connectivity index (χ3n) is 3.33. The molecule has 0 spiro atoms. The maximum absolute atomic E-state index is 12.3. The van der Waals surface area contributed by atoms with Crippen LogP contribution >= 0.6 is 0 Å². The molecule has 0 saturated heterocycles. The number of rotatable bonds is 5. The molecule has 0 heterocycles. The highest BCUT2D eigenvalue weighted by molar-refractivity contribution is 6.01. The van der Waals surface area contributed by atoms with Crippen LogP contribution in [0.4, 0.5) is 0 Å². The number of carbonyl (C=O) groups is 1. The average molecular weight is 302 g/mol. The summed E-state index contributed by atoms with van der Waals surface area (Å²) in [4.78, 5) is 12.3. The molecule has 2 aromatic carbocycles. The number of esters is 1. The normalized spacial score (nSPS) is 10.0. The van der Waals surface area contributed by atoms with E-state index in [0.717, 1.165) is 5.56 Å². The Labute approximate surface area is 129 Å². The zero-order chi connectivity index (χ0) is 16.1. The summed E-state index contributed by atoms with van der Waals surface area (Å²) < 4.78 is 20.9. The summed E-state index contributed by atoms with van der Waals surface area (Å²) in [6.07, 6.45) is 0. The van der Waals surface area contributed by atoms with Gasteiger partial charge in [0.1, 0.15) is 11.3 Å². The summed E-state index contributed by atoms with van der Waals surface area (Å²) in [5, 5.41) is 0. The maximum Gasteiger partial charge on any atom is 0.342 e. The Morgan fingerprint density at radius 3 is 2.05 bits per heavy atom. The van der Waals surface area contributed by atoms with Gasteiger partial charge in [-0.15, -0.1) is 0 Å². The van der Waals surface area contributed by atoms with Gasteiger partial charge in [-0.1, -0.05) is 18.2 Å². The SMILES string of the molecule is COC(=O)c1c(-c2ccccc2OC)ccc(OC)c1OC. The van der Waals surface area contributed by atoms with E-state index in [1.807, 2.05) is 24.3 Å². The predicted molar refractivity (Wildman–Crippen MR) is 82.9 cm³/mol. The Morgan fingerprint density at radius 2 is 1.45 bits per heavy atom. The van der Waals surface area contributed by atoms with E-state index in [-0.39, 0.29) is 0 Å². The van der Waals surface area contributed by atoms with Crippen molar-refractivity contribution in [2.75, 3.05) is 28.4 Å². The molecule has 0 aliphatic carbocycles. The molecule has 0 saturated carbocycles. The van der Waals surface area contributed by atoms with Crippen molar-refractivity contribution < 1.29 is 23.7 Å². The van der Waals surface area contributed by atoms with E-state index in [1.165, 1.54) is 21.3 Å². The van der Waals surface area contributed by atoms with Crippen molar-refractivity contribution in [3.63, 3.8) is 0 Å². The zero-order valence-corrected chi connectivity index (χ0v) is 13.0. The van der Waals surface area contributed by atoms with Crippen LogP contribution in [0.3, 0.4) is 0 Å². The van der Waals surface area contributed by atoms with E-state index in [2.05, 4.69) is 0 Å². The summed E-state index contributed by atoms with van der Waals surface area (Å²) in [6, 6.07) is 11.0. The van der Waals surface area contributed by atoms with Crippen molar-refractivity contribution in [3.8, 4) is 28.4 Å². The fourth-order valence-corrected chi connectivity index (χ4v) is 2.32. The van der Waals surface area contributed by atoms with Gasteiger partial charge in [-0.25, -0.2) is 4.79 Å². The summed E-state index contributed by atoms with van der Waals surface area (Å²) in [6.45, 7) is 0. The molecule has 0 fully saturated rings. The second-order valence-corrected chi connectivity index (χ2v) is 4.42. The third kappa shape index (κ3) is 2.70. The van der Waals surface area contributed by atoms with Crippen LogP contribution in [-0.2, 0) is 4.74 Å². The van der Waals surface area contributed by atoms with Crippen LogP contribution in [0.5, 0.6) is 17.2 Å². The van der Waals surface area contributed by atoms with Crippen molar-refractivity contribution in [3.05, 3.63) is 42.0 Å². The molecule has 0 atom stereocenters. The van der Waals surface area contributed by atoms with Crippen LogP contribution in [0.15, 0.2) is 36.4 Å². The van der Waals surface area contributed by atoms with Gasteiger partial charge in [-0.3, -0.25) is 0 Å². The van der Waals surface area contributed by atoms with E-state index < -0.39 is 5.97 Å². The van der Waals surface area contributed by atoms with Crippen molar-refractivity contribution in [1.29, 1.82) is 0 Å². The zero-order valence-electron chi connectivity index (χ0n) is 13.0. The molecule has 0 aliphatic heterocycles. The fraction of sp³-hybridized carbons (Fsp3) is 0.235. The first-order valence-corrected chi connectivity index (χ1v) is 6.64. The molecule has 116 valence electrons. The van der Waals surface area contributed by atoms with Crippen LogP contribution in [0.25, 0.3) is 11.1 Å². The van der Waals surface area contributed by atoms with Gasteiger partial charge in [-0.2, -0.15) is 0 Å². The van der Waals surface area contributed by atoms with Gasteiger partial charge in [0.25, 0.3) is 0 Å². The van der Waals surface area contributed by atoms with Crippen LogP contribution in [-0.4, -0.2) is 34.4 Å². The van der Waals surface area contributed by atoms with Crippen LogP contribution in [0.1, 0.15) is 10.4 Å². The first kappa shape index (κ1) is 15.7. The molecule has 0 aliphatic rings. The Morgan fingerprint density at radius 1 is 0.773 bits per heavy atom. The van der Waals surface area contributed by atoms with Crippen molar-refractivity contribution in [1.82, 2.24) is 0 Å². The number of hydrogen-bond donors (Lipinski definition) is 0. The molecular formula is C17H18O5. The molecule has 0 N–H and O–H groups in total. The van der Waals surface area contributed by atoms with Crippen molar-refractivity contribution in [2.24, 2.45) is 0 Å². The molecule has 5 heteroatoms. The van der Waals surface area contributed by atoms with Crippen molar-refractivity contribution in [2.45, 2.75) is 0 Å². The van der Waals surface area contributed by atoms with Gasteiger partial charge >= 0.3 is 5.97 Å². The molecule has 0 radical (unpaired) electrons. The quantitative estimate of drug-likeness (QED) is 0.794. The summed E-state index contributed by atoms with van der Waals surface area (Å²) in [5.74, 6) is 0.941. The Kier molecular flexibility index (Phi) is 4.88. The number of methoxy groups -OCH3 is 4. The Hall–Kier alpha value is -2.69. The second kappa shape index (κ2) is 6.85. The molecule has 0 bridgehead atoms. The highest BCUT2D eigenvalue weighted by Gasteiger charge is 2.24. The maximum atomic E-state index is 12.3. The molecule has 5 nitrogen and oxygen atoms in total. The van der Waals surface area contributed by atoms with Crippen LogP contribution in [0, 0.1) is 0 Å². The molecule has 2 rings (SSSR count). The molecule has 22 heavy (non-hydrogen) atoms. The largest absolute Gasteiger partial charge is 0.496 e. The minimum absolute atomic E-state index is 0.300. The minimum atomic E-state index is -0.503. The topological polar surface area (TPSA) is 54.0 Å². The lowest BCUT2D eigenvalue weighted by Gasteiger charge is -2.17.